The number of carbonyl (C=O) groups excluding carboxylic acids is 1. The molecular formula is C12H16ClNO2. The number of nitrogens with one attached hydrogen (secondary N) is 1. The van der Waals surface area contributed by atoms with Gasteiger partial charge in [0, 0.05) is 18.0 Å². The van der Waals surface area contributed by atoms with Gasteiger partial charge in [-0.05, 0) is 37.6 Å². The lowest BCUT2D eigenvalue weighted by atomic mass is 10.2. The van der Waals surface area contributed by atoms with E-state index in [-0.39, 0.29) is 5.91 Å². The standard InChI is InChI=1S/C12H16ClNO2/c1-2-16-11-6-4-10(5-7-11)12(15)14-9-3-8-13/h4-7H,2-3,8-9H2,1H3,(H,14,15). The summed E-state index contributed by atoms with van der Waals surface area (Å²) in [4.78, 5) is 11.6. The molecule has 0 atom stereocenters. The van der Waals surface area contributed by atoms with E-state index in [1.165, 1.54) is 0 Å². The molecule has 1 aromatic rings. The van der Waals surface area contributed by atoms with Crippen molar-refractivity contribution < 1.29 is 9.53 Å². The Labute approximate surface area is 101 Å². The van der Waals surface area contributed by atoms with Crippen LogP contribution in [0.1, 0.15) is 23.7 Å². The number of benzene rings is 1. The largest absolute Gasteiger partial charge is 0.494 e. The van der Waals surface area contributed by atoms with Crippen LogP contribution < -0.4 is 10.1 Å². The van der Waals surface area contributed by atoms with Crippen molar-refractivity contribution in [2.45, 2.75) is 13.3 Å². The molecule has 0 heterocycles. The summed E-state index contributed by atoms with van der Waals surface area (Å²) in [5.41, 5.74) is 0.637. The van der Waals surface area contributed by atoms with Crippen LogP contribution in [-0.4, -0.2) is 24.9 Å². The van der Waals surface area contributed by atoms with Gasteiger partial charge in [0.15, 0.2) is 0 Å². The predicted octanol–water partition coefficient (Wildman–Crippen LogP) is 2.44. The van der Waals surface area contributed by atoms with Gasteiger partial charge in [-0.25, -0.2) is 0 Å². The Balaban J connectivity index is 2.49. The molecule has 0 aromatic heterocycles. The third-order valence-electron chi connectivity index (χ3n) is 2.02. The molecule has 0 unspecified atom stereocenters. The quantitative estimate of drug-likeness (QED) is 0.614. The normalized spacial score (nSPS) is 9.88. The zero-order valence-corrected chi connectivity index (χ0v) is 10.1. The molecule has 3 nitrogen and oxygen atoms in total. The summed E-state index contributed by atoms with van der Waals surface area (Å²) in [6, 6.07) is 7.09. The topological polar surface area (TPSA) is 38.3 Å². The molecule has 0 saturated heterocycles. The molecule has 0 bridgehead atoms. The molecule has 1 rings (SSSR count). The molecule has 1 N–H and O–H groups in total. The molecule has 4 heteroatoms. The van der Waals surface area contributed by atoms with Crippen molar-refractivity contribution >= 4 is 17.5 Å². The van der Waals surface area contributed by atoms with Gasteiger partial charge in [0.25, 0.3) is 5.91 Å². The zero-order valence-electron chi connectivity index (χ0n) is 9.33. The van der Waals surface area contributed by atoms with Gasteiger partial charge < -0.3 is 10.1 Å². The molecule has 0 aliphatic rings. The molecule has 0 aliphatic heterocycles. The molecule has 0 radical (unpaired) electrons. The highest BCUT2D eigenvalue weighted by Crippen LogP contribution is 2.11. The van der Waals surface area contributed by atoms with Gasteiger partial charge >= 0.3 is 0 Å². The van der Waals surface area contributed by atoms with E-state index in [0.717, 1.165) is 12.2 Å². The Morgan fingerprint density at radius 2 is 2.06 bits per heavy atom. The van der Waals surface area contributed by atoms with E-state index < -0.39 is 0 Å². The van der Waals surface area contributed by atoms with Crippen LogP contribution in [0.25, 0.3) is 0 Å². The van der Waals surface area contributed by atoms with E-state index >= 15 is 0 Å². The van der Waals surface area contributed by atoms with Crippen molar-refractivity contribution in [2.24, 2.45) is 0 Å². The van der Waals surface area contributed by atoms with Crippen LogP contribution in [0.2, 0.25) is 0 Å². The highest BCUT2D eigenvalue weighted by Gasteiger charge is 2.04. The fraction of sp³-hybridized carbons (Fsp3) is 0.417. The van der Waals surface area contributed by atoms with Gasteiger partial charge in [0.2, 0.25) is 0 Å². The Hall–Kier alpha value is -1.22. The Bertz CT molecular complexity index is 324. The fourth-order valence-corrected chi connectivity index (χ4v) is 1.37. The van der Waals surface area contributed by atoms with Gasteiger partial charge in [0.05, 0.1) is 6.61 Å². The average molecular weight is 242 g/mol. The Morgan fingerprint density at radius 3 is 2.62 bits per heavy atom. The number of halogens is 1. The minimum atomic E-state index is -0.0758. The number of hydrogen-bond acceptors (Lipinski definition) is 2. The lowest BCUT2D eigenvalue weighted by Gasteiger charge is -2.05. The predicted molar refractivity (Wildman–Crippen MR) is 65.3 cm³/mol. The van der Waals surface area contributed by atoms with E-state index in [4.69, 9.17) is 16.3 Å². The summed E-state index contributed by atoms with van der Waals surface area (Å²) in [6.07, 6.45) is 0.782. The first-order valence-electron chi connectivity index (χ1n) is 5.35. The van der Waals surface area contributed by atoms with Crippen molar-refractivity contribution in [3.8, 4) is 5.75 Å². The number of amides is 1. The van der Waals surface area contributed by atoms with Crippen molar-refractivity contribution in [3.05, 3.63) is 29.8 Å². The molecule has 0 fully saturated rings. The maximum absolute atomic E-state index is 11.6. The van der Waals surface area contributed by atoms with Crippen molar-refractivity contribution in [3.63, 3.8) is 0 Å². The maximum atomic E-state index is 11.6. The van der Waals surface area contributed by atoms with Gasteiger partial charge in [-0.3, -0.25) is 4.79 Å². The molecule has 0 spiro atoms. The minimum absolute atomic E-state index is 0.0758. The molecule has 16 heavy (non-hydrogen) atoms. The number of hydrogen-bond donors (Lipinski definition) is 1. The van der Waals surface area contributed by atoms with E-state index in [1.807, 2.05) is 6.92 Å². The van der Waals surface area contributed by atoms with Gasteiger partial charge in [0.1, 0.15) is 5.75 Å². The minimum Gasteiger partial charge on any atom is -0.494 e. The summed E-state index contributed by atoms with van der Waals surface area (Å²) < 4.78 is 5.29. The van der Waals surface area contributed by atoms with Gasteiger partial charge in [-0.15, -0.1) is 11.6 Å². The summed E-state index contributed by atoms with van der Waals surface area (Å²) >= 11 is 5.52. The molecular weight excluding hydrogens is 226 g/mol. The summed E-state index contributed by atoms with van der Waals surface area (Å²) in [5.74, 6) is 1.26. The van der Waals surface area contributed by atoms with Crippen LogP contribution in [0.5, 0.6) is 5.75 Å². The SMILES string of the molecule is CCOc1ccc(C(=O)NCCCCl)cc1. The van der Waals surface area contributed by atoms with Crippen LogP contribution in [0.4, 0.5) is 0 Å². The highest BCUT2D eigenvalue weighted by molar-refractivity contribution is 6.17. The van der Waals surface area contributed by atoms with Crippen molar-refractivity contribution in [1.82, 2.24) is 5.32 Å². The van der Waals surface area contributed by atoms with Gasteiger partial charge in [-0.2, -0.15) is 0 Å². The number of carbonyl (C=O) groups is 1. The van der Waals surface area contributed by atoms with Crippen LogP contribution in [0, 0.1) is 0 Å². The number of ether oxygens (including phenoxy) is 1. The average Bonchev–Trinajstić information content (AvgIpc) is 2.30. The lowest BCUT2D eigenvalue weighted by molar-refractivity contribution is 0.0954. The third kappa shape index (κ3) is 4.11. The molecule has 0 aliphatic carbocycles. The first-order chi connectivity index (χ1) is 7.77. The number of alkyl halides is 1. The maximum Gasteiger partial charge on any atom is 0.251 e. The second kappa shape index (κ2) is 7.12. The first kappa shape index (κ1) is 12.8. The fourth-order valence-electron chi connectivity index (χ4n) is 1.24. The second-order valence-electron chi connectivity index (χ2n) is 3.26. The van der Waals surface area contributed by atoms with E-state index in [2.05, 4.69) is 5.32 Å². The van der Waals surface area contributed by atoms with E-state index in [9.17, 15) is 4.79 Å². The van der Waals surface area contributed by atoms with Crippen LogP contribution in [0.3, 0.4) is 0 Å². The molecule has 1 amide bonds. The molecule has 0 saturated carbocycles. The highest BCUT2D eigenvalue weighted by atomic mass is 35.5. The van der Waals surface area contributed by atoms with Crippen LogP contribution in [0.15, 0.2) is 24.3 Å². The smallest absolute Gasteiger partial charge is 0.251 e. The van der Waals surface area contributed by atoms with Gasteiger partial charge in [-0.1, -0.05) is 0 Å². The Kier molecular flexibility index (Phi) is 5.72. The van der Waals surface area contributed by atoms with Crippen molar-refractivity contribution in [1.29, 1.82) is 0 Å². The Morgan fingerprint density at radius 1 is 1.38 bits per heavy atom. The van der Waals surface area contributed by atoms with Crippen LogP contribution >= 0.6 is 11.6 Å². The van der Waals surface area contributed by atoms with E-state index in [1.54, 1.807) is 24.3 Å². The summed E-state index contributed by atoms with van der Waals surface area (Å²) in [6.45, 7) is 3.16. The summed E-state index contributed by atoms with van der Waals surface area (Å²) in [5, 5.41) is 2.79. The second-order valence-corrected chi connectivity index (χ2v) is 3.63. The first-order valence-corrected chi connectivity index (χ1v) is 5.88. The molecule has 88 valence electrons. The molecule has 1 aromatic carbocycles. The summed E-state index contributed by atoms with van der Waals surface area (Å²) in [7, 11) is 0. The zero-order chi connectivity index (χ0) is 11.8. The lowest BCUT2D eigenvalue weighted by Crippen LogP contribution is -2.24. The number of rotatable bonds is 6. The third-order valence-corrected chi connectivity index (χ3v) is 2.29. The monoisotopic (exact) mass is 241 g/mol. The van der Waals surface area contributed by atoms with Crippen molar-refractivity contribution in [2.75, 3.05) is 19.0 Å². The van der Waals surface area contributed by atoms with Crippen LogP contribution in [-0.2, 0) is 0 Å². The van der Waals surface area contributed by atoms with E-state index in [0.29, 0.717) is 24.6 Å².